The van der Waals surface area contributed by atoms with Gasteiger partial charge in [-0.2, -0.15) is 0 Å². The van der Waals surface area contributed by atoms with Gasteiger partial charge in [-0.3, -0.25) is 0 Å². The molecule has 2 saturated heterocycles. The zero-order valence-corrected chi connectivity index (χ0v) is 16.2. The largest absolute Gasteiger partial charge is 0.106 e. The molecule has 0 nitrogen and oxygen atoms in total. The average molecular weight is 338 g/mol. The molecule has 0 aliphatic carbocycles. The summed E-state index contributed by atoms with van der Waals surface area (Å²) in [7, 11) is 0.784. The van der Waals surface area contributed by atoms with Crippen LogP contribution in [0.2, 0.25) is 0 Å². The summed E-state index contributed by atoms with van der Waals surface area (Å²) in [5.41, 5.74) is 2.16. The Hall–Kier alpha value is 0.510. The predicted molar refractivity (Wildman–Crippen MR) is 104 cm³/mol. The maximum Gasteiger partial charge on any atom is -0.0169 e. The zero-order valence-electron chi connectivity index (χ0n) is 13.5. The van der Waals surface area contributed by atoms with Crippen molar-refractivity contribution in [1.82, 2.24) is 0 Å². The van der Waals surface area contributed by atoms with E-state index in [2.05, 4.69) is 43.7 Å². The molecule has 0 N–H and O–H groups in total. The summed E-state index contributed by atoms with van der Waals surface area (Å²) < 4.78 is 0. The Kier molecular flexibility index (Phi) is 6.13. The van der Waals surface area contributed by atoms with Crippen LogP contribution in [-0.2, 0) is 0 Å². The summed E-state index contributed by atoms with van der Waals surface area (Å²) in [6, 6.07) is 11.5. The summed E-state index contributed by atoms with van der Waals surface area (Å²) in [6.45, 7) is 5.13. The number of benzene rings is 1. The second kappa shape index (κ2) is 7.86. The van der Waals surface area contributed by atoms with Crippen LogP contribution in [0.1, 0.15) is 25.7 Å². The fourth-order valence-corrected chi connectivity index (χ4v) is 13.2. The standard InChI is InChI=1S/C18H29P3/c1-19-12-6-10-17(19)14-21(16-8-4-3-5-9-16)15-18-11-7-13-20(18)2/h3-5,8-9,17-18H,6-7,10-15H2,1-2H3/t17-,18-,19-,20-/m1/s1. The summed E-state index contributed by atoms with van der Waals surface area (Å²) >= 11 is 0. The third kappa shape index (κ3) is 4.28. The highest BCUT2D eigenvalue weighted by molar-refractivity contribution is 7.68. The molecule has 2 aliphatic rings. The van der Waals surface area contributed by atoms with Crippen LogP contribution in [0.4, 0.5) is 0 Å². The average Bonchev–Trinajstić information content (AvgIpc) is 3.09. The molecule has 1 aromatic rings. The van der Waals surface area contributed by atoms with Crippen molar-refractivity contribution in [3.8, 4) is 0 Å². The highest BCUT2D eigenvalue weighted by Gasteiger charge is 2.30. The van der Waals surface area contributed by atoms with E-state index in [4.69, 9.17) is 0 Å². The summed E-state index contributed by atoms with van der Waals surface area (Å²) in [5.74, 6) is 0. The molecule has 0 unspecified atom stereocenters. The van der Waals surface area contributed by atoms with Crippen LogP contribution in [0.15, 0.2) is 30.3 Å². The molecule has 4 atom stereocenters. The van der Waals surface area contributed by atoms with E-state index in [9.17, 15) is 0 Å². The van der Waals surface area contributed by atoms with Gasteiger partial charge in [0.1, 0.15) is 0 Å². The molecule has 0 amide bonds. The van der Waals surface area contributed by atoms with Crippen LogP contribution in [-0.4, -0.2) is 49.3 Å². The first-order chi connectivity index (χ1) is 10.2. The summed E-state index contributed by atoms with van der Waals surface area (Å²) in [5, 5.41) is 1.69. The number of hydrogen-bond acceptors (Lipinski definition) is 0. The lowest BCUT2D eigenvalue weighted by Crippen LogP contribution is -2.18. The minimum absolute atomic E-state index is 0.101. The Labute approximate surface area is 134 Å². The Morgan fingerprint density at radius 3 is 1.86 bits per heavy atom. The molecule has 0 aromatic heterocycles. The normalized spacial score (nSPS) is 32.9. The van der Waals surface area contributed by atoms with Gasteiger partial charge in [0, 0.05) is 0 Å². The van der Waals surface area contributed by atoms with Crippen molar-refractivity contribution in [1.29, 1.82) is 0 Å². The van der Waals surface area contributed by atoms with Crippen molar-refractivity contribution in [2.45, 2.75) is 37.0 Å². The van der Waals surface area contributed by atoms with Gasteiger partial charge in [-0.05, 0) is 80.3 Å². The molecule has 2 aliphatic heterocycles. The molecular formula is C18H29P3. The first kappa shape index (κ1) is 16.4. The van der Waals surface area contributed by atoms with Crippen molar-refractivity contribution in [3.05, 3.63) is 30.3 Å². The molecule has 3 rings (SSSR count). The molecule has 2 heterocycles. The summed E-state index contributed by atoms with van der Waals surface area (Å²) in [4.78, 5) is 0. The lowest BCUT2D eigenvalue weighted by molar-refractivity contribution is 0.826. The van der Waals surface area contributed by atoms with Crippen LogP contribution < -0.4 is 5.30 Å². The predicted octanol–water partition coefficient (Wildman–Crippen LogP) is 5.34. The Morgan fingerprint density at radius 1 is 0.905 bits per heavy atom. The van der Waals surface area contributed by atoms with E-state index in [1.807, 2.05) is 0 Å². The van der Waals surface area contributed by atoms with Gasteiger partial charge >= 0.3 is 0 Å². The molecule has 2 fully saturated rings. The van der Waals surface area contributed by atoms with E-state index in [1.54, 1.807) is 30.0 Å². The van der Waals surface area contributed by atoms with Crippen LogP contribution in [0.25, 0.3) is 0 Å². The molecule has 0 saturated carbocycles. The van der Waals surface area contributed by atoms with Crippen molar-refractivity contribution < 1.29 is 0 Å². The molecule has 21 heavy (non-hydrogen) atoms. The van der Waals surface area contributed by atoms with E-state index in [1.165, 1.54) is 25.7 Å². The topological polar surface area (TPSA) is 0 Å². The second-order valence-electron chi connectivity index (χ2n) is 6.79. The maximum atomic E-state index is 2.56. The third-order valence-corrected chi connectivity index (χ3v) is 14.1. The van der Waals surface area contributed by atoms with Gasteiger partial charge in [-0.15, -0.1) is 15.8 Å². The molecule has 0 radical (unpaired) electrons. The maximum absolute atomic E-state index is 2.56. The summed E-state index contributed by atoms with van der Waals surface area (Å²) in [6.07, 6.45) is 12.2. The van der Waals surface area contributed by atoms with Crippen LogP contribution in [0, 0.1) is 0 Å². The van der Waals surface area contributed by atoms with Crippen molar-refractivity contribution in [3.63, 3.8) is 0 Å². The minimum Gasteiger partial charge on any atom is -0.106 e. The van der Waals surface area contributed by atoms with Gasteiger partial charge < -0.3 is 0 Å². The van der Waals surface area contributed by atoms with Gasteiger partial charge in [-0.25, -0.2) is 0 Å². The van der Waals surface area contributed by atoms with Gasteiger partial charge in [-0.1, -0.05) is 38.3 Å². The molecule has 0 spiro atoms. The van der Waals surface area contributed by atoms with E-state index in [-0.39, 0.29) is 7.92 Å². The minimum atomic E-state index is 0.101. The van der Waals surface area contributed by atoms with Crippen molar-refractivity contribution in [2.75, 3.05) is 38.0 Å². The fraction of sp³-hybridized carbons (Fsp3) is 0.667. The lowest BCUT2D eigenvalue weighted by atomic mass is 10.3. The van der Waals surface area contributed by atoms with Crippen molar-refractivity contribution in [2.24, 2.45) is 0 Å². The third-order valence-electron chi connectivity index (χ3n) is 5.33. The van der Waals surface area contributed by atoms with E-state index in [0.29, 0.717) is 15.8 Å². The molecule has 0 bridgehead atoms. The van der Waals surface area contributed by atoms with Crippen LogP contribution in [0.5, 0.6) is 0 Å². The van der Waals surface area contributed by atoms with Gasteiger partial charge in [0.2, 0.25) is 0 Å². The van der Waals surface area contributed by atoms with Crippen LogP contribution >= 0.6 is 23.8 Å². The van der Waals surface area contributed by atoms with Gasteiger partial charge in [0.25, 0.3) is 0 Å². The molecule has 3 heteroatoms. The monoisotopic (exact) mass is 338 g/mol. The Balaban J connectivity index is 1.71. The fourth-order valence-electron chi connectivity index (χ4n) is 3.85. The van der Waals surface area contributed by atoms with Crippen molar-refractivity contribution >= 4 is 29.1 Å². The SMILES string of the molecule is C[P@]1CCC[C@@H]1CP(C[C@H]1CCC[P@@]1C)c1ccccc1. The van der Waals surface area contributed by atoms with E-state index in [0.717, 1.165) is 11.3 Å². The Bertz CT molecular complexity index is 411. The lowest BCUT2D eigenvalue weighted by Gasteiger charge is -2.28. The molecule has 116 valence electrons. The first-order valence-electron chi connectivity index (χ1n) is 8.44. The number of hydrogen-bond donors (Lipinski definition) is 0. The second-order valence-corrected chi connectivity index (χ2v) is 14.5. The van der Waals surface area contributed by atoms with E-state index >= 15 is 0 Å². The molecular weight excluding hydrogens is 309 g/mol. The van der Waals surface area contributed by atoms with Crippen LogP contribution in [0.3, 0.4) is 0 Å². The smallest absolute Gasteiger partial charge is 0.0169 e. The zero-order chi connectivity index (χ0) is 14.7. The molecule has 1 aromatic carbocycles. The van der Waals surface area contributed by atoms with E-state index < -0.39 is 0 Å². The Morgan fingerprint density at radius 2 is 1.43 bits per heavy atom. The number of rotatable bonds is 5. The highest BCUT2D eigenvalue weighted by Crippen LogP contribution is 2.56. The quantitative estimate of drug-likeness (QED) is 0.636. The van der Waals surface area contributed by atoms with Gasteiger partial charge in [0.05, 0.1) is 0 Å². The van der Waals surface area contributed by atoms with Gasteiger partial charge in [0.15, 0.2) is 0 Å². The highest BCUT2D eigenvalue weighted by atomic mass is 31.1. The first-order valence-corrected chi connectivity index (χ1v) is 14.2.